The van der Waals surface area contributed by atoms with Crippen molar-refractivity contribution in [3.05, 3.63) is 58.6 Å². The van der Waals surface area contributed by atoms with Gasteiger partial charge in [0, 0.05) is 43.3 Å². The molecule has 2 rings (SSSR count). The van der Waals surface area contributed by atoms with E-state index >= 15 is 0 Å². The Bertz CT molecular complexity index is 1120. The van der Waals surface area contributed by atoms with Gasteiger partial charge in [-0.05, 0) is 55.3 Å². The summed E-state index contributed by atoms with van der Waals surface area (Å²) in [4.78, 5) is 36.0. The standard InChI is InChI=1S/C22H26ClN3O6S/c1-15-6-11-18(13-19(15)33(30,31)26(2)3)25-20(27)14-32-21(28)5-4-12-24-22(29)16-7-9-17(23)10-8-16/h6-11,13H,4-5,12,14H2,1-3H3,(H,24,29)(H,25,27). The van der Waals surface area contributed by atoms with Gasteiger partial charge in [-0.2, -0.15) is 0 Å². The van der Waals surface area contributed by atoms with Gasteiger partial charge in [-0.25, -0.2) is 12.7 Å². The summed E-state index contributed by atoms with van der Waals surface area (Å²) in [5, 5.41) is 5.72. The first kappa shape index (κ1) is 26.3. The number of carbonyl (C=O) groups excluding carboxylic acids is 3. The van der Waals surface area contributed by atoms with Crippen molar-refractivity contribution >= 4 is 45.1 Å². The molecule has 0 heterocycles. The Morgan fingerprint density at radius 2 is 1.73 bits per heavy atom. The number of ether oxygens (including phenoxy) is 1. The Morgan fingerprint density at radius 3 is 2.36 bits per heavy atom. The maximum absolute atomic E-state index is 12.4. The molecule has 0 atom stereocenters. The predicted molar refractivity (Wildman–Crippen MR) is 125 cm³/mol. The molecule has 2 N–H and O–H groups in total. The molecule has 0 aliphatic carbocycles. The molecule has 0 bridgehead atoms. The van der Waals surface area contributed by atoms with Crippen LogP contribution in [-0.2, 0) is 24.3 Å². The third kappa shape index (κ3) is 7.85. The van der Waals surface area contributed by atoms with Gasteiger partial charge in [-0.15, -0.1) is 0 Å². The average Bonchev–Trinajstić information content (AvgIpc) is 2.76. The number of sulfonamides is 1. The number of anilines is 1. The van der Waals surface area contributed by atoms with Crippen LogP contribution < -0.4 is 10.6 Å². The lowest BCUT2D eigenvalue weighted by atomic mass is 10.2. The lowest BCUT2D eigenvalue weighted by Gasteiger charge is -2.15. The Kier molecular flexibility index (Phi) is 9.39. The van der Waals surface area contributed by atoms with Crippen molar-refractivity contribution in [2.75, 3.05) is 32.6 Å². The highest BCUT2D eigenvalue weighted by Gasteiger charge is 2.20. The molecule has 178 valence electrons. The van der Waals surface area contributed by atoms with Crippen LogP contribution in [0.1, 0.15) is 28.8 Å². The fraction of sp³-hybridized carbons (Fsp3) is 0.318. The SMILES string of the molecule is Cc1ccc(NC(=O)COC(=O)CCCNC(=O)c2ccc(Cl)cc2)cc1S(=O)(=O)N(C)C. The molecule has 0 saturated heterocycles. The van der Waals surface area contributed by atoms with Gasteiger partial charge in [-0.1, -0.05) is 17.7 Å². The van der Waals surface area contributed by atoms with Crippen molar-refractivity contribution in [1.82, 2.24) is 9.62 Å². The highest BCUT2D eigenvalue weighted by Crippen LogP contribution is 2.22. The zero-order valence-corrected chi connectivity index (χ0v) is 20.1. The smallest absolute Gasteiger partial charge is 0.306 e. The van der Waals surface area contributed by atoms with Crippen molar-refractivity contribution in [2.24, 2.45) is 0 Å². The van der Waals surface area contributed by atoms with Crippen LogP contribution in [0, 0.1) is 6.92 Å². The van der Waals surface area contributed by atoms with Gasteiger partial charge in [0.25, 0.3) is 11.8 Å². The maximum atomic E-state index is 12.4. The van der Waals surface area contributed by atoms with Gasteiger partial charge >= 0.3 is 5.97 Å². The number of esters is 1. The third-order valence-electron chi connectivity index (χ3n) is 4.54. The second-order valence-corrected chi connectivity index (χ2v) is 9.90. The number of rotatable bonds is 10. The molecule has 0 spiro atoms. The van der Waals surface area contributed by atoms with Crippen molar-refractivity contribution in [2.45, 2.75) is 24.7 Å². The van der Waals surface area contributed by atoms with E-state index in [4.69, 9.17) is 16.3 Å². The summed E-state index contributed by atoms with van der Waals surface area (Å²) in [5.74, 6) is -1.48. The van der Waals surface area contributed by atoms with E-state index in [1.54, 1.807) is 43.3 Å². The predicted octanol–water partition coefficient (Wildman–Crippen LogP) is 2.59. The van der Waals surface area contributed by atoms with E-state index in [9.17, 15) is 22.8 Å². The molecule has 2 aromatic carbocycles. The molecule has 2 aromatic rings. The number of amides is 2. The molecule has 0 unspecified atom stereocenters. The van der Waals surface area contributed by atoms with Gasteiger partial charge in [0.1, 0.15) is 0 Å². The molecular weight excluding hydrogens is 470 g/mol. The number of halogens is 1. The summed E-state index contributed by atoms with van der Waals surface area (Å²) >= 11 is 5.78. The normalized spacial score (nSPS) is 11.2. The van der Waals surface area contributed by atoms with Gasteiger partial charge in [0.2, 0.25) is 10.0 Å². The van der Waals surface area contributed by atoms with Crippen LogP contribution in [0.2, 0.25) is 5.02 Å². The Morgan fingerprint density at radius 1 is 1.06 bits per heavy atom. The first-order chi connectivity index (χ1) is 15.5. The van der Waals surface area contributed by atoms with Crippen LogP contribution in [0.3, 0.4) is 0 Å². The number of benzene rings is 2. The van der Waals surface area contributed by atoms with Crippen LogP contribution >= 0.6 is 11.6 Å². The molecule has 0 saturated carbocycles. The van der Waals surface area contributed by atoms with Crippen molar-refractivity contribution in [3.8, 4) is 0 Å². The first-order valence-electron chi connectivity index (χ1n) is 10.0. The fourth-order valence-electron chi connectivity index (χ4n) is 2.71. The average molecular weight is 496 g/mol. The van der Waals surface area contributed by atoms with Crippen LogP contribution in [0.15, 0.2) is 47.4 Å². The summed E-state index contributed by atoms with van der Waals surface area (Å²) in [5.41, 5.74) is 1.26. The minimum absolute atomic E-state index is 0.0178. The Balaban J connectivity index is 1.75. The topological polar surface area (TPSA) is 122 Å². The molecular formula is C22H26ClN3O6S. The molecule has 2 amide bonds. The second-order valence-electron chi connectivity index (χ2n) is 7.34. The minimum Gasteiger partial charge on any atom is -0.456 e. The lowest BCUT2D eigenvalue weighted by Crippen LogP contribution is -2.25. The van der Waals surface area contributed by atoms with E-state index in [2.05, 4.69) is 10.6 Å². The quantitative estimate of drug-likeness (QED) is 0.386. The second kappa shape index (κ2) is 11.8. The van der Waals surface area contributed by atoms with Crippen molar-refractivity contribution in [3.63, 3.8) is 0 Å². The van der Waals surface area contributed by atoms with Crippen molar-refractivity contribution in [1.29, 1.82) is 0 Å². The number of hydrogen-bond donors (Lipinski definition) is 2. The largest absolute Gasteiger partial charge is 0.456 e. The summed E-state index contributed by atoms with van der Waals surface area (Å²) in [7, 11) is -0.831. The van der Waals surface area contributed by atoms with Crippen molar-refractivity contribution < 1.29 is 27.5 Å². The molecule has 0 aliphatic rings. The molecule has 9 nitrogen and oxygen atoms in total. The highest BCUT2D eigenvalue weighted by molar-refractivity contribution is 7.89. The number of hydrogen-bond acceptors (Lipinski definition) is 6. The molecule has 33 heavy (non-hydrogen) atoms. The summed E-state index contributed by atoms with van der Waals surface area (Å²) < 4.78 is 30.8. The van der Waals surface area contributed by atoms with E-state index in [1.807, 2.05) is 0 Å². The van der Waals surface area contributed by atoms with Crippen LogP contribution in [0.5, 0.6) is 0 Å². The van der Waals surface area contributed by atoms with Gasteiger partial charge in [0.05, 0.1) is 4.90 Å². The molecule has 0 aromatic heterocycles. The van der Waals surface area contributed by atoms with Crippen LogP contribution in [0.25, 0.3) is 0 Å². The Labute approximate surface area is 198 Å². The summed E-state index contributed by atoms with van der Waals surface area (Å²) in [6.45, 7) is 1.40. The molecule has 0 aliphatic heterocycles. The van der Waals surface area contributed by atoms with E-state index in [0.29, 0.717) is 22.6 Å². The zero-order valence-electron chi connectivity index (χ0n) is 18.6. The number of nitrogens with one attached hydrogen (secondary N) is 2. The lowest BCUT2D eigenvalue weighted by molar-refractivity contribution is -0.147. The van der Waals surface area contributed by atoms with Gasteiger partial charge in [-0.3, -0.25) is 14.4 Å². The molecule has 0 fully saturated rings. The summed E-state index contributed by atoms with van der Waals surface area (Å²) in [6, 6.07) is 10.9. The minimum atomic E-state index is -3.67. The third-order valence-corrected chi connectivity index (χ3v) is 6.75. The Hall–Kier alpha value is -2.95. The molecule has 0 radical (unpaired) electrons. The number of aryl methyl sites for hydroxylation is 1. The monoisotopic (exact) mass is 495 g/mol. The van der Waals surface area contributed by atoms with Gasteiger partial charge < -0.3 is 15.4 Å². The molecule has 11 heteroatoms. The maximum Gasteiger partial charge on any atom is 0.306 e. The first-order valence-corrected chi connectivity index (χ1v) is 11.8. The number of carbonyl (C=O) groups is 3. The zero-order chi connectivity index (χ0) is 24.6. The summed E-state index contributed by atoms with van der Waals surface area (Å²) in [6.07, 6.45) is 0.355. The van der Waals surface area contributed by atoms with E-state index < -0.39 is 28.5 Å². The van der Waals surface area contributed by atoms with Crippen LogP contribution in [-0.4, -0.2) is 57.8 Å². The fourth-order valence-corrected chi connectivity index (χ4v) is 3.98. The van der Waals surface area contributed by atoms with Crippen LogP contribution in [0.4, 0.5) is 5.69 Å². The van der Waals surface area contributed by atoms with Gasteiger partial charge in [0.15, 0.2) is 6.61 Å². The van der Waals surface area contributed by atoms with E-state index in [1.165, 1.54) is 20.2 Å². The van der Waals surface area contributed by atoms with E-state index in [0.717, 1.165) is 4.31 Å². The number of nitrogens with zero attached hydrogens (tertiary/aromatic N) is 1. The van der Waals surface area contributed by atoms with E-state index in [-0.39, 0.29) is 29.5 Å². The highest BCUT2D eigenvalue weighted by atomic mass is 35.5.